The highest BCUT2D eigenvalue weighted by Crippen LogP contribution is 2.35. The number of carbonyl (C=O) groups is 1. The number of amides is 2. The van der Waals surface area contributed by atoms with Crippen LogP contribution in [0.5, 0.6) is 0 Å². The molecule has 5 heteroatoms. The SMILES string of the molecule is C/C=C(\S/C(NC(=O)Nc1ccccc1)=C(/C)CC)C1CCCNC1. The molecule has 1 fully saturated rings. The molecule has 25 heavy (non-hydrogen) atoms. The van der Waals surface area contributed by atoms with Gasteiger partial charge < -0.3 is 16.0 Å². The van der Waals surface area contributed by atoms with E-state index < -0.39 is 0 Å². The summed E-state index contributed by atoms with van der Waals surface area (Å²) < 4.78 is 0. The number of hydrogen-bond acceptors (Lipinski definition) is 3. The summed E-state index contributed by atoms with van der Waals surface area (Å²) in [5, 5.41) is 10.4. The minimum absolute atomic E-state index is 0.196. The zero-order chi connectivity index (χ0) is 18.1. The number of nitrogens with one attached hydrogen (secondary N) is 3. The highest BCUT2D eigenvalue weighted by atomic mass is 32.2. The van der Waals surface area contributed by atoms with Gasteiger partial charge in [0.2, 0.25) is 0 Å². The molecule has 1 atom stereocenters. The highest BCUT2D eigenvalue weighted by Gasteiger charge is 2.20. The predicted molar refractivity (Wildman–Crippen MR) is 109 cm³/mol. The first-order valence-electron chi connectivity index (χ1n) is 9.01. The standard InChI is InChI=1S/C20H29N3OS/c1-4-15(3)19(23-20(24)22-17-11-7-6-8-12-17)25-18(5-2)16-10-9-13-21-14-16/h5-8,11-12,16,21H,4,9-10,13-14H2,1-3H3,(H2,22,23,24)/b18-5-,19-15-. The second-order valence-corrected chi connectivity index (χ2v) is 7.33. The maximum atomic E-state index is 12.4. The van der Waals surface area contributed by atoms with E-state index in [1.807, 2.05) is 30.3 Å². The summed E-state index contributed by atoms with van der Waals surface area (Å²) in [4.78, 5) is 13.7. The van der Waals surface area contributed by atoms with Gasteiger partial charge in [-0.05, 0) is 62.3 Å². The quantitative estimate of drug-likeness (QED) is 0.663. The molecule has 0 aliphatic carbocycles. The molecule has 0 aromatic heterocycles. The minimum Gasteiger partial charge on any atom is -0.316 e. The van der Waals surface area contributed by atoms with Crippen LogP contribution in [0, 0.1) is 5.92 Å². The van der Waals surface area contributed by atoms with Crippen LogP contribution >= 0.6 is 11.8 Å². The molecule has 0 radical (unpaired) electrons. The van der Waals surface area contributed by atoms with E-state index in [1.54, 1.807) is 11.8 Å². The molecule has 1 unspecified atom stereocenters. The molecule has 1 aromatic rings. The van der Waals surface area contributed by atoms with Crippen molar-refractivity contribution in [1.82, 2.24) is 10.6 Å². The van der Waals surface area contributed by atoms with Gasteiger partial charge in [-0.1, -0.05) is 43.0 Å². The summed E-state index contributed by atoms with van der Waals surface area (Å²) in [5.74, 6) is 0.530. The van der Waals surface area contributed by atoms with Crippen LogP contribution in [0.3, 0.4) is 0 Å². The van der Waals surface area contributed by atoms with Crippen LogP contribution in [0.15, 0.2) is 51.9 Å². The van der Waals surface area contributed by atoms with E-state index in [2.05, 4.69) is 42.8 Å². The lowest BCUT2D eigenvalue weighted by Crippen LogP contribution is -2.31. The third-order valence-electron chi connectivity index (χ3n) is 4.38. The van der Waals surface area contributed by atoms with E-state index >= 15 is 0 Å². The third kappa shape index (κ3) is 6.25. The van der Waals surface area contributed by atoms with Crippen LogP contribution < -0.4 is 16.0 Å². The van der Waals surface area contributed by atoms with Crippen molar-refractivity contribution >= 4 is 23.5 Å². The van der Waals surface area contributed by atoms with Crippen molar-refractivity contribution in [1.29, 1.82) is 0 Å². The third-order valence-corrected chi connectivity index (χ3v) is 5.84. The van der Waals surface area contributed by atoms with Gasteiger partial charge in [0, 0.05) is 18.2 Å². The Hall–Kier alpha value is -1.72. The molecule has 1 aliphatic heterocycles. The smallest absolute Gasteiger partial charge is 0.316 e. The van der Waals surface area contributed by atoms with E-state index in [-0.39, 0.29) is 6.03 Å². The second-order valence-electron chi connectivity index (χ2n) is 6.24. The van der Waals surface area contributed by atoms with E-state index in [1.165, 1.54) is 23.3 Å². The van der Waals surface area contributed by atoms with E-state index in [4.69, 9.17) is 0 Å². The molecule has 4 nitrogen and oxygen atoms in total. The van der Waals surface area contributed by atoms with Gasteiger partial charge in [0.25, 0.3) is 0 Å². The summed E-state index contributed by atoms with van der Waals surface area (Å²) in [7, 11) is 0. The zero-order valence-electron chi connectivity index (χ0n) is 15.4. The molecule has 2 rings (SSSR count). The first kappa shape index (κ1) is 19.6. The molecule has 0 saturated carbocycles. The Morgan fingerprint density at radius 3 is 2.72 bits per heavy atom. The summed E-state index contributed by atoms with van der Waals surface area (Å²) in [6, 6.07) is 9.32. The Balaban J connectivity index is 2.04. The molecule has 0 bridgehead atoms. The Morgan fingerprint density at radius 2 is 2.12 bits per heavy atom. The molecule has 1 aromatic carbocycles. The zero-order valence-corrected chi connectivity index (χ0v) is 16.2. The van der Waals surface area contributed by atoms with Gasteiger partial charge in [-0.3, -0.25) is 0 Å². The average Bonchev–Trinajstić information content (AvgIpc) is 2.65. The molecule has 1 heterocycles. The molecule has 1 saturated heterocycles. The number of carbonyl (C=O) groups excluding carboxylic acids is 1. The average molecular weight is 360 g/mol. The first-order valence-corrected chi connectivity index (χ1v) is 9.83. The Kier molecular flexibility index (Phi) is 8.09. The van der Waals surface area contributed by atoms with Crippen molar-refractivity contribution in [2.75, 3.05) is 18.4 Å². The maximum Gasteiger partial charge on any atom is 0.324 e. The van der Waals surface area contributed by atoms with E-state index in [0.29, 0.717) is 5.92 Å². The van der Waals surface area contributed by atoms with Gasteiger partial charge in [0.1, 0.15) is 0 Å². The van der Waals surface area contributed by atoms with Crippen molar-refractivity contribution in [2.45, 2.75) is 40.0 Å². The molecule has 136 valence electrons. The van der Waals surface area contributed by atoms with Gasteiger partial charge in [-0.15, -0.1) is 0 Å². The van der Waals surface area contributed by atoms with Gasteiger partial charge >= 0.3 is 6.03 Å². The Morgan fingerprint density at radius 1 is 1.36 bits per heavy atom. The van der Waals surface area contributed by atoms with Gasteiger partial charge in [-0.2, -0.15) is 0 Å². The Bertz CT molecular complexity index is 619. The number of urea groups is 1. The molecule has 1 aliphatic rings. The van der Waals surface area contributed by atoms with E-state index in [9.17, 15) is 4.79 Å². The van der Waals surface area contributed by atoms with Crippen molar-refractivity contribution in [2.24, 2.45) is 5.92 Å². The predicted octanol–water partition coefficient (Wildman–Crippen LogP) is 5.09. The van der Waals surface area contributed by atoms with Gasteiger partial charge in [-0.25, -0.2) is 4.79 Å². The number of hydrogen-bond donors (Lipinski definition) is 3. The van der Waals surface area contributed by atoms with Gasteiger partial charge in [0.15, 0.2) is 0 Å². The number of rotatable bonds is 6. The molecule has 0 spiro atoms. The van der Waals surface area contributed by atoms with Crippen LogP contribution in [0.1, 0.15) is 40.0 Å². The topological polar surface area (TPSA) is 53.2 Å². The van der Waals surface area contributed by atoms with Crippen molar-refractivity contribution in [3.8, 4) is 0 Å². The van der Waals surface area contributed by atoms with Crippen molar-refractivity contribution in [3.05, 3.63) is 51.9 Å². The van der Waals surface area contributed by atoms with Crippen LogP contribution in [-0.2, 0) is 0 Å². The second kappa shape index (κ2) is 10.3. The van der Waals surface area contributed by atoms with Crippen molar-refractivity contribution in [3.63, 3.8) is 0 Å². The fourth-order valence-corrected chi connectivity index (χ4v) is 3.94. The molecular formula is C20H29N3OS. The van der Waals surface area contributed by atoms with Crippen molar-refractivity contribution < 1.29 is 4.79 Å². The van der Waals surface area contributed by atoms with Crippen LogP contribution in [0.25, 0.3) is 0 Å². The summed E-state index contributed by atoms with van der Waals surface area (Å²) in [6.07, 6.45) is 5.50. The minimum atomic E-state index is -0.196. The normalized spacial score (nSPS) is 19.2. The molecule has 3 N–H and O–H groups in total. The number of anilines is 1. The first-order chi connectivity index (χ1) is 12.1. The molecule has 2 amide bonds. The fraction of sp³-hybridized carbons (Fsp3) is 0.450. The monoisotopic (exact) mass is 359 g/mol. The number of piperidine rings is 1. The summed E-state index contributed by atoms with van der Waals surface area (Å²) in [6.45, 7) is 8.40. The lowest BCUT2D eigenvalue weighted by Gasteiger charge is -2.26. The van der Waals surface area contributed by atoms with Crippen LogP contribution in [-0.4, -0.2) is 19.1 Å². The van der Waals surface area contributed by atoms with Crippen LogP contribution in [0.4, 0.5) is 10.5 Å². The van der Waals surface area contributed by atoms with E-state index in [0.717, 1.165) is 30.2 Å². The van der Waals surface area contributed by atoms with Gasteiger partial charge in [0.05, 0.1) is 5.03 Å². The highest BCUT2D eigenvalue weighted by molar-refractivity contribution is 8.06. The molecular weight excluding hydrogens is 330 g/mol. The lowest BCUT2D eigenvalue weighted by atomic mass is 9.99. The largest absolute Gasteiger partial charge is 0.324 e. The van der Waals surface area contributed by atoms with Crippen LogP contribution in [0.2, 0.25) is 0 Å². The Labute approximate surface area is 155 Å². The fourth-order valence-electron chi connectivity index (χ4n) is 2.76. The lowest BCUT2D eigenvalue weighted by molar-refractivity contribution is 0.254. The number of thioether (sulfide) groups is 1. The maximum absolute atomic E-state index is 12.4. The number of allylic oxidation sites excluding steroid dienone is 2. The number of para-hydroxylation sites is 1. The number of benzene rings is 1. The summed E-state index contributed by atoms with van der Waals surface area (Å²) in [5.41, 5.74) is 1.98. The summed E-state index contributed by atoms with van der Waals surface area (Å²) >= 11 is 1.70.